The van der Waals surface area contributed by atoms with E-state index in [1.807, 2.05) is 24.3 Å². The lowest BCUT2D eigenvalue weighted by Gasteiger charge is -2.26. The van der Waals surface area contributed by atoms with Crippen LogP contribution in [0.5, 0.6) is 0 Å². The van der Waals surface area contributed by atoms with Crippen LogP contribution in [0, 0.1) is 6.92 Å². The Morgan fingerprint density at radius 3 is 2.40 bits per heavy atom. The number of Topliss-reactive ketones (excluding diaryl/α,β-unsaturated/α-hetero) is 1. The number of hydrogen-bond acceptors (Lipinski definition) is 2. The van der Waals surface area contributed by atoms with Gasteiger partial charge < -0.3 is 4.90 Å². The second kappa shape index (κ2) is 6.10. The lowest BCUT2D eigenvalue weighted by Crippen LogP contribution is -2.17. The first-order chi connectivity index (χ1) is 9.54. The maximum atomic E-state index is 11.4. The first-order valence-electron chi connectivity index (χ1n) is 6.68. The van der Waals surface area contributed by atoms with Gasteiger partial charge in [-0.25, -0.2) is 0 Å². The zero-order valence-corrected chi connectivity index (χ0v) is 12.7. The van der Waals surface area contributed by atoms with Crippen molar-refractivity contribution in [2.75, 3.05) is 11.4 Å². The molecule has 0 radical (unpaired) electrons. The van der Waals surface area contributed by atoms with Crippen LogP contribution in [0.4, 0.5) is 11.4 Å². The van der Waals surface area contributed by atoms with Crippen LogP contribution < -0.4 is 4.90 Å². The lowest BCUT2D eigenvalue weighted by molar-refractivity contribution is 0.101. The molecule has 0 saturated carbocycles. The maximum absolute atomic E-state index is 11.4. The van der Waals surface area contributed by atoms with E-state index >= 15 is 0 Å². The Bertz CT molecular complexity index is 637. The van der Waals surface area contributed by atoms with E-state index in [2.05, 4.69) is 30.9 Å². The third-order valence-corrected chi connectivity index (χ3v) is 3.67. The van der Waals surface area contributed by atoms with E-state index in [-0.39, 0.29) is 5.78 Å². The van der Waals surface area contributed by atoms with Crippen molar-refractivity contribution in [3.05, 3.63) is 58.6 Å². The Kier molecular flexibility index (Phi) is 4.46. The van der Waals surface area contributed by atoms with Crippen molar-refractivity contribution in [3.63, 3.8) is 0 Å². The summed E-state index contributed by atoms with van der Waals surface area (Å²) in [5, 5.41) is 0.600. The molecule has 0 fully saturated rings. The monoisotopic (exact) mass is 287 g/mol. The molecule has 0 bridgehead atoms. The number of halogens is 1. The number of rotatable bonds is 4. The highest BCUT2D eigenvalue weighted by Gasteiger charge is 2.14. The summed E-state index contributed by atoms with van der Waals surface area (Å²) in [7, 11) is 0. The normalized spacial score (nSPS) is 10.4. The smallest absolute Gasteiger partial charge is 0.159 e. The summed E-state index contributed by atoms with van der Waals surface area (Å²) in [5.41, 5.74) is 3.89. The number of hydrogen-bond donors (Lipinski definition) is 0. The van der Waals surface area contributed by atoms with Gasteiger partial charge in [-0.3, -0.25) is 4.79 Å². The molecule has 2 rings (SSSR count). The van der Waals surface area contributed by atoms with E-state index < -0.39 is 0 Å². The number of benzene rings is 2. The van der Waals surface area contributed by atoms with Gasteiger partial charge in [0.2, 0.25) is 0 Å². The van der Waals surface area contributed by atoms with Crippen molar-refractivity contribution >= 4 is 28.8 Å². The Balaban J connectivity index is 2.48. The zero-order valence-electron chi connectivity index (χ0n) is 12.0. The fourth-order valence-corrected chi connectivity index (χ4v) is 2.56. The molecule has 0 saturated heterocycles. The Morgan fingerprint density at radius 1 is 1.15 bits per heavy atom. The Morgan fingerprint density at radius 2 is 1.85 bits per heavy atom. The lowest BCUT2D eigenvalue weighted by atomic mass is 10.1. The maximum Gasteiger partial charge on any atom is 0.159 e. The summed E-state index contributed by atoms with van der Waals surface area (Å²) >= 11 is 6.36. The average Bonchev–Trinajstić information content (AvgIpc) is 2.43. The van der Waals surface area contributed by atoms with Crippen molar-refractivity contribution in [1.82, 2.24) is 0 Å². The van der Waals surface area contributed by atoms with Crippen LogP contribution in [0.25, 0.3) is 0 Å². The fourth-order valence-electron chi connectivity index (χ4n) is 2.28. The standard InChI is InChI=1S/C17H18ClNO/c1-4-19(16-8-6-5-7-12(16)2)17-10-9-14(13(3)20)11-15(17)18/h5-11H,4H2,1-3H3. The SMILES string of the molecule is CCN(c1ccccc1C)c1ccc(C(C)=O)cc1Cl. The topological polar surface area (TPSA) is 20.3 Å². The van der Waals surface area contributed by atoms with Gasteiger partial charge in [-0.1, -0.05) is 29.8 Å². The van der Waals surface area contributed by atoms with Gasteiger partial charge in [0, 0.05) is 17.8 Å². The highest BCUT2D eigenvalue weighted by molar-refractivity contribution is 6.33. The fraction of sp³-hybridized carbons (Fsp3) is 0.235. The molecule has 0 N–H and O–H groups in total. The average molecular weight is 288 g/mol. The van der Waals surface area contributed by atoms with Crippen molar-refractivity contribution in [3.8, 4) is 0 Å². The number of nitrogens with zero attached hydrogens (tertiary/aromatic N) is 1. The van der Waals surface area contributed by atoms with E-state index in [1.54, 1.807) is 13.0 Å². The molecule has 20 heavy (non-hydrogen) atoms. The van der Waals surface area contributed by atoms with Crippen molar-refractivity contribution < 1.29 is 4.79 Å². The third-order valence-electron chi connectivity index (χ3n) is 3.37. The largest absolute Gasteiger partial charge is 0.340 e. The number of anilines is 2. The summed E-state index contributed by atoms with van der Waals surface area (Å²) in [6, 6.07) is 13.7. The van der Waals surface area contributed by atoms with Crippen LogP contribution in [0.3, 0.4) is 0 Å². The molecule has 0 amide bonds. The molecule has 104 valence electrons. The van der Waals surface area contributed by atoms with Gasteiger partial charge in [0.05, 0.1) is 10.7 Å². The predicted octanol–water partition coefficient (Wildman–Crippen LogP) is 5.01. The molecule has 0 aliphatic rings. The Hall–Kier alpha value is -1.80. The highest BCUT2D eigenvalue weighted by Crippen LogP contribution is 2.34. The second-order valence-corrected chi connectivity index (χ2v) is 5.16. The minimum absolute atomic E-state index is 0.0254. The minimum Gasteiger partial charge on any atom is -0.340 e. The number of para-hydroxylation sites is 1. The van der Waals surface area contributed by atoms with E-state index in [4.69, 9.17) is 11.6 Å². The molecule has 0 unspecified atom stereocenters. The molecule has 0 spiro atoms. The molecular formula is C17H18ClNO. The van der Waals surface area contributed by atoms with Crippen LogP contribution in [-0.2, 0) is 0 Å². The van der Waals surface area contributed by atoms with Crippen molar-refractivity contribution in [2.24, 2.45) is 0 Å². The van der Waals surface area contributed by atoms with Gasteiger partial charge >= 0.3 is 0 Å². The molecule has 0 aliphatic carbocycles. The number of aryl methyl sites for hydroxylation is 1. The summed E-state index contributed by atoms with van der Waals surface area (Å²) in [5.74, 6) is 0.0254. The summed E-state index contributed by atoms with van der Waals surface area (Å²) in [4.78, 5) is 13.6. The van der Waals surface area contributed by atoms with E-state index in [9.17, 15) is 4.79 Å². The van der Waals surface area contributed by atoms with Gasteiger partial charge in [-0.05, 0) is 50.6 Å². The number of carbonyl (C=O) groups excluding carboxylic acids is 1. The molecule has 3 heteroatoms. The van der Waals surface area contributed by atoms with E-state index in [0.29, 0.717) is 10.6 Å². The minimum atomic E-state index is 0.0254. The first kappa shape index (κ1) is 14.6. The zero-order chi connectivity index (χ0) is 14.7. The summed E-state index contributed by atoms with van der Waals surface area (Å²) in [6.07, 6.45) is 0. The third kappa shape index (κ3) is 2.86. The molecule has 2 aromatic carbocycles. The van der Waals surface area contributed by atoms with E-state index in [0.717, 1.165) is 17.9 Å². The van der Waals surface area contributed by atoms with Crippen LogP contribution in [-0.4, -0.2) is 12.3 Å². The van der Waals surface area contributed by atoms with Gasteiger partial charge in [0.1, 0.15) is 0 Å². The van der Waals surface area contributed by atoms with Crippen molar-refractivity contribution in [1.29, 1.82) is 0 Å². The van der Waals surface area contributed by atoms with Gasteiger partial charge in [0.15, 0.2) is 5.78 Å². The molecule has 2 aromatic rings. The molecule has 0 heterocycles. The van der Waals surface area contributed by atoms with E-state index in [1.165, 1.54) is 5.56 Å². The van der Waals surface area contributed by atoms with Crippen LogP contribution in [0.15, 0.2) is 42.5 Å². The molecular weight excluding hydrogens is 270 g/mol. The molecule has 0 atom stereocenters. The highest BCUT2D eigenvalue weighted by atomic mass is 35.5. The van der Waals surface area contributed by atoms with Gasteiger partial charge in [0.25, 0.3) is 0 Å². The summed E-state index contributed by atoms with van der Waals surface area (Å²) in [6.45, 7) is 6.52. The van der Waals surface area contributed by atoms with Crippen molar-refractivity contribution in [2.45, 2.75) is 20.8 Å². The number of carbonyl (C=O) groups is 1. The van der Waals surface area contributed by atoms with Crippen LogP contribution in [0.1, 0.15) is 29.8 Å². The molecule has 0 aliphatic heterocycles. The summed E-state index contributed by atoms with van der Waals surface area (Å²) < 4.78 is 0. The molecule has 0 aromatic heterocycles. The van der Waals surface area contributed by atoms with Gasteiger partial charge in [-0.2, -0.15) is 0 Å². The van der Waals surface area contributed by atoms with Gasteiger partial charge in [-0.15, -0.1) is 0 Å². The quantitative estimate of drug-likeness (QED) is 0.737. The second-order valence-electron chi connectivity index (χ2n) is 4.75. The first-order valence-corrected chi connectivity index (χ1v) is 7.06. The predicted molar refractivity (Wildman–Crippen MR) is 85.3 cm³/mol. The van der Waals surface area contributed by atoms with Crippen LogP contribution in [0.2, 0.25) is 5.02 Å². The number of ketones is 1. The Labute approximate surface area is 125 Å². The molecule has 2 nitrogen and oxygen atoms in total. The van der Waals surface area contributed by atoms with Crippen LogP contribution >= 0.6 is 11.6 Å².